The van der Waals surface area contributed by atoms with Crippen molar-refractivity contribution in [1.82, 2.24) is 4.98 Å². The second kappa shape index (κ2) is 4.00. The van der Waals surface area contributed by atoms with Gasteiger partial charge in [0, 0.05) is 17.7 Å². The number of aromatic nitrogens is 2. The normalized spacial score (nSPS) is 8.22. The van der Waals surface area contributed by atoms with Gasteiger partial charge in [0.2, 0.25) is 0 Å². The van der Waals surface area contributed by atoms with E-state index in [1.807, 2.05) is 19.3 Å². The molecule has 0 radical (unpaired) electrons. The van der Waals surface area contributed by atoms with Crippen LogP contribution in [0.15, 0.2) is 18.5 Å². The standard InChI is InChI=1S/C5H6ClN2.HI/c1-8-4-2-3-7-5(8)6;/h2-4H,1H3;1H/q+1;/p-1. The third-order valence-corrected chi connectivity index (χ3v) is 1.23. The Morgan fingerprint density at radius 2 is 2.33 bits per heavy atom. The van der Waals surface area contributed by atoms with E-state index < -0.39 is 0 Å². The molecule has 0 aliphatic rings. The Morgan fingerprint density at radius 3 is 2.67 bits per heavy atom. The zero-order chi connectivity index (χ0) is 5.98. The Balaban J connectivity index is 0.000000640. The third-order valence-electron chi connectivity index (χ3n) is 0.868. The lowest BCUT2D eigenvalue weighted by molar-refractivity contribution is -0.672. The zero-order valence-electron chi connectivity index (χ0n) is 4.88. The maximum Gasteiger partial charge on any atom is 0.395 e. The lowest BCUT2D eigenvalue weighted by Crippen LogP contribution is -3.00. The molecule has 1 aromatic rings. The minimum absolute atomic E-state index is 0. The molecular formula is C5H6ClIN2. The highest BCUT2D eigenvalue weighted by Gasteiger charge is 1.98. The van der Waals surface area contributed by atoms with E-state index >= 15 is 0 Å². The average molecular weight is 256 g/mol. The highest BCUT2D eigenvalue weighted by molar-refractivity contribution is 6.27. The van der Waals surface area contributed by atoms with Gasteiger partial charge in [-0.25, -0.2) is 4.57 Å². The van der Waals surface area contributed by atoms with Crippen molar-refractivity contribution in [3.05, 3.63) is 23.7 Å². The summed E-state index contributed by atoms with van der Waals surface area (Å²) in [7, 11) is 1.84. The highest BCUT2D eigenvalue weighted by atomic mass is 127. The van der Waals surface area contributed by atoms with Crippen molar-refractivity contribution in [2.45, 2.75) is 0 Å². The van der Waals surface area contributed by atoms with Gasteiger partial charge < -0.3 is 24.0 Å². The summed E-state index contributed by atoms with van der Waals surface area (Å²) in [4.78, 5) is 3.81. The molecule has 9 heavy (non-hydrogen) atoms. The van der Waals surface area contributed by atoms with Crippen molar-refractivity contribution in [3.63, 3.8) is 0 Å². The van der Waals surface area contributed by atoms with Crippen LogP contribution >= 0.6 is 11.6 Å². The summed E-state index contributed by atoms with van der Waals surface area (Å²) in [5, 5.41) is 0.507. The van der Waals surface area contributed by atoms with Gasteiger partial charge in [0.25, 0.3) is 0 Å². The molecule has 0 spiro atoms. The molecule has 0 bridgehead atoms. The lowest BCUT2D eigenvalue weighted by Gasteiger charge is -1.83. The summed E-state index contributed by atoms with van der Waals surface area (Å²) in [6, 6.07) is 1.83. The molecule has 0 amide bonds. The molecule has 0 fully saturated rings. The molecule has 0 unspecified atom stereocenters. The predicted octanol–water partition coefficient (Wildman–Crippen LogP) is -2.44. The van der Waals surface area contributed by atoms with Crippen LogP contribution in [-0.2, 0) is 7.05 Å². The third kappa shape index (κ3) is 2.45. The van der Waals surface area contributed by atoms with Gasteiger partial charge in [-0.15, -0.1) is 0 Å². The average Bonchev–Trinajstić information content (AvgIpc) is 1.77. The first-order chi connectivity index (χ1) is 3.80. The van der Waals surface area contributed by atoms with Crippen LogP contribution in [0.1, 0.15) is 0 Å². The quantitative estimate of drug-likeness (QED) is 0.286. The highest BCUT2D eigenvalue weighted by Crippen LogP contribution is 1.89. The van der Waals surface area contributed by atoms with Gasteiger partial charge in [-0.3, -0.25) is 0 Å². The number of nitrogens with zero attached hydrogens (tertiary/aromatic N) is 2. The van der Waals surface area contributed by atoms with E-state index in [1.54, 1.807) is 10.8 Å². The van der Waals surface area contributed by atoms with Gasteiger partial charge in [0.1, 0.15) is 6.20 Å². The Morgan fingerprint density at radius 1 is 1.67 bits per heavy atom. The molecule has 0 aromatic carbocycles. The first kappa shape index (κ1) is 9.10. The number of rotatable bonds is 0. The molecule has 0 saturated heterocycles. The van der Waals surface area contributed by atoms with Gasteiger partial charge in [-0.1, -0.05) is 0 Å². The monoisotopic (exact) mass is 256 g/mol. The minimum atomic E-state index is 0. The maximum atomic E-state index is 5.56. The number of halogens is 2. The Labute approximate surface area is 75.9 Å². The van der Waals surface area contributed by atoms with Gasteiger partial charge >= 0.3 is 5.28 Å². The number of hydrogen-bond donors (Lipinski definition) is 0. The van der Waals surface area contributed by atoms with Gasteiger partial charge in [-0.2, -0.15) is 0 Å². The first-order valence-electron chi connectivity index (χ1n) is 2.27. The van der Waals surface area contributed by atoms with Crippen LogP contribution in [0.3, 0.4) is 0 Å². The lowest BCUT2D eigenvalue weighted by atomic mass is 10.7. The van der Waals surface area contributed by atoms with Crippen molar-refractivity contribution in [2.24, 2.45) is 7.05 Å². The van der Waals surface area contributed by atoms with Crippen LogP contribution in [0.5, 0.6) is 0 Å². The Hall–Kier alpha value is 0.1000. The Kier molecular flexibility index (Phi) is 4.05. The molecule has 0 aliphatic carbocycles. The fourth-order valence-electron chi connectivity index (χ4n) is 0.425. The van der Waals surface area contributed by atoms with Crippen molar-refractivity contribution in [1.29, 1.82) is 0 Å². The van der Waals surface area contributed by atoms with Crippen LogP contribution in [-0.4, -0.2) is 4.98 Å². The molecule has 50 valence electrons. The van der Waals surface area contributed by atoms with E-state index in [2.05, 4.69) is 4.98 Å². The zero-order valence-corrected chi connectivity index (χ0v) is 7.80. The van der Waals surface area contributed by atoms with E-state index in [-0.39, 0.29) is 24.0 Å². The summed E-state index contributed by atoms with van der Waals surface area (Å²) in [6.45, 7) is 0. The fraction of sp³-hybridized carbons (Fsp3) is 0.200. The van der Waals surface area contributed by atoms with Crippen LogP contribution < -0.4 is 28.5 Å². The first-order valence-corrected chi connectivity index (χ1v) is 2.64. The SMILES string of the molecule is C[n+]1cccnc1Cl.[I-]. The van der Waals surface area contributed by atoms with E-state index in [9.17, 15) is 0 Å². The second-order valence-corrected chi connectivity index (χ2v) is 1.84. The summed E-state index contributed by atoms with van der Waals surface area (Å²) in [6.07, 6.45) is 3.50. The molecule has 0 saturated carbocycles. The summed E-state index contributed by atoms with van der Waals surface area (Å²) >= 11 is 5.56. The van der Waals surface area contributed by atoms with Crippen molar-refractivity contribution < 1.29 is 28.5 Å². The van der Waals surface area contributed by atoms with E-state index in [4.69, 9.17) is 11.6 Å². The van der Waals surface area contributed by atoms with Crippen molar-refractivity contribution in [3.8, 4) is 0 Å². The predicted molar refractivity (Wildman–Crippen MR) is 30.4 cm³/mol. The van der Waals surface area contributed by atoms with Crippen LogP contribution in [0.25, 0.3) is 0 Å². The summed E-state index contributed by atoms with van der Waals surface area (Å²) < 4.78 is 1.74. The maximum absolute atomic E-state index is 5.56. The van der Waals surface area contributed by atoms with Crippen molar-refractivity contribution in [2.75, 3.05) is 0 Å². The number of hydrogen-bond acceptors (Lipinski definition) is 1. The minimum Gasteiger partial charge on any atom is -1.00 e. The number of aryl methyl sites for hydroxylation is 1. The molecule has 0 atom stereocenters. The van der Waals surface area contributed by atoms with Crippen LogP contribution in [0.4, 0.5) is 0 Å². The Bertz CT molecular complexity index is 171. The van der Waals surface area contributed by atoms with Crippen molar-refractivity contribution >= 4 is 11.6 Å². The topological polar surface area (TPSA) is 16.8 Å². The van der Waals surface area contributed by atoms with Gasteiger partial charge in [0.15, 0.2) is 0 Å². The van der Waals surface area contributed by atoms with Crippen LogP contribution in [0, 0.1) is 0 Å². The second-order valence-electron chi connectivity index (χ2n) is 1.50. The van der Waals surface area contributed by atoms with E-state index in [1.165, 1.54) is 0 Å². The smallest absolute Gasteiger partial charge is 0.395 e. The molecular weight excluding hydrogens is 250 g/mol. The van der Waals surface area contributed by atoms with E-state index in [0.717, 1.165) is 0 Å². The molecule has 0 N–H and O–H groups in total. The summed E-state index contributed by atoms with van der Waals surface area (Å²) in [5.74, 6) is 0. The molecule has 1 aromatic heterocycles. The molecule has 4 heteroatoms. The van der Waals surface area contributed by atoms with Gasteiger partial charge in [0.05, 0.1) is 13.2 Å². The van der Waals surface area contributed by atoms with Crippen LogP contribution in [0.2, 0.25) is 5.28 Å². The molecule has 1 rings (SSSR count). The molecule has 2 nitrogen and oxygen atoms in total. The van der Waals surface area contributed by atoms with E-state index in [0.29, 0.717) is 5.28 Å². The van der Waals surface area contributed by atoms with Gasteiger partial charge in [-0.05, 0) is 4.98 Å². The largest absolute Gasteiger partial charge is 1.00 e. The fourth-order valence-corrected chi connectivity index (χ4v) is 0.537. The molecule has 1 heterocycles. The summed E-state index contributed by atoms with van der Waals surface area (Å²) in [5.41, 5.74) is 0. The molecule has 0 aliphatic heterocycles.